The Bertz CT molecular complexity index is 1970. The second-order valence-electron chi connectivity index (χ2n) is 10.5. The first-order valence-corrected chi connectivity index (χ1v) is 13.5. The number of fused-ring (bicyclic) bond motifs is 10. The lowest BCUT2D eigenvalue weighted by atomic mass is 9.68. The van der Waals surface area contributed by atoms with E-state index in [1.807, 2.05) is 18.2 Å². The average Bonchev–Trinajstić information content (AvgIpc) is 3.60. The van der Waals surface area contributed by atoms with Crippen molar-refractivity contribution < 1.29 is 4.42 Å². The van der Waals surface area contributed by atoms with Gasteiger partial charge in [-0.05, 0) is 74.7 Å². The van der Waals surface area contributed by atoms with Crippen LogP contribution in [0.25, 0.3) is 38.6 Å². The van der Waals surface area contributed by atoms with E-state index in [-0.39, 0.29) is 5.41 Å². The lowest BCUT2D eigenvalue weighted by molar-refractivity contribution is 0.668. The predicted molar refractivity (Wildman–Crippen MR) is 162 cm³/mol. The summed E-state index contributed by atoms with van der Waals surface area (Å²) in [6, 6.07) is 41.9. The van der Waals surface area contributed by atoms with E-state index < -0.39 is 0 Å². The Morgan fingerprint density at radius 3 is 1.92 bits per heavy atom. The highest BCUT2D eigenvalue weighted by atomic mass is 16.3. The van der Waals surface area contributed by atoms with Gasteiger partial charge >= 0.3 is 0 Å². The normalized spacial score (nSPS) is 14.9. The number of allylic oxidation sites excluding steroid dienone is 5. The number of hydrogen-bond donors (Lipinski definition) is 0. The van der Waals surface area contributed by atoms with Crippen molar-refractivity contribution in [2.75, 3.05) is 0 Å². The molecule has 0 aliphatic heterocycles. The van der Waals surface area contributed by atoms with E-state index in [4.69, 9.17) is 4.42 Å². The maximum atomic E-state index is 6.15. The molecule has 1 spiro atoms. The van der Waals surface area contributed by atoms with E-state index in [2.05, 4.69) is 122 Å². The monoisotopic (exact) mass is 498 g/mol. The van der Waals surface area contributed by atoms with Gasteiger partial charge in [-0.25, -0.2) is 0 Å². The summed E-state index contributed by atoms with van der Waals surface area (Å²) in [5.74, 6) is 0. The molecule has 0 atom stereocenters. The van der Waals surface area contributed by atoms with E-state index >= 15 is 0 Å². The molecule has 184 valence electrons. The van der Waals surface area contributed by atoms with Gasteiger partial charge in [0.1, 0.15) is 11.2 Å². The van der Waals surface area contributed by atoms with Gasteiger partial charge in [-0.2, -0.15) is 0 Å². The molecule has 0 amide bonds. The molecular formula is C38H26O. The zero-order valence-electron chi connectivity index (χ0n) is 21.5. The van der Waals surface area contributed by atoms with Crippen LogP contribution < -0.4 is 0 Å². The highest BCUT2D eigenvalue weighted by molar-refractivity contribution is 6.05. The molecule has 0 saturated carbocycles. The molecule has 2 aliphatic carbocycles. The SMILES string of the molecule is C=C/C=C\C1=C(Cc2ccc3oc4ccccc4c3c2)C2(c3ccccc31)c1ccccc1-c1ccccc12. The summed E-state index contributed by atoms with van der Waals surface area (Å²) in [4.78, 5) is 0. The molecule has 6 aromatic rings. The fourth-order valence-electron chi connectivity index (χ4n) is 7.09. The molecule has 0 N–H and O–H groups in total. The molecular weight excluding hydrogens is 472 g/mol. The molecule has 0 radical (unpaired) electrons. The molecule has 0 saturated heterocycles. The number of furan rings is 1. The number of benzene rings is 5. The van der Waals surface area contributed by atoms with Crippen LogP contribution in [0.5, 0.6) is 0 Å². The Kier molecular flexibility index (Phi) is 4.72. The van der Waals surface area contributed by atoms with Crippen molar-refractivity contribution in [1.29, 1.82) is 0 Å². The van der Waals surface area contributed by atoms with Crippen LogP contribution in [0.3, 0.4) is 0 Å². The minimum absolute atomic E-state index is 0.349. The Labute approximate surface area is 228 Å². The van der Waals surface area contributed by atoms with Gasteiger partial charge in [0, 0.05) is 10.8 Å². The van der Waals surface area contributed by atoms with Crippen LogP contribution in [0.1, 0.15) is 27.8 Å². The molecule has 0 fully saturated rings. The van der Waals surface area contributed by atoms with Gasteiger partial charge < -0.3 is 4.42 Å². The fraction of sp³-hybridized carbons (Fsp3) is 0.0526. The molecule has 39 heavy (non-hydrogen) atoms. The van der Waals surface area contributed by atoms with E-state index in [9.17, 15) is 0 Å². The summed E-state index contributed by atoms with van der Waals surface area (Å²) in [7, 11) is 0. The van der Waals surface area contributed by atoms with Crippen molar-refractivity contribution in [2.24, 2.45) is 0 Å². The molecule has 5 aromatic carbocycles. The zero-order chi connectivity index (χ0) is 26.0. The summed E-state index contributed by atoms with van der Waals surface area (Å²) in [5.41, 5.74) is 13.5. The third kappa shape index (κ3) is 2.96. The van der Waals surface area contributed by atoms with Crippen LogP contribution in [-0.2, 0) is 11.8 Å². The molecule has 1 aromatic heterocycles. The number of hydrogen-bond acceptors (Lipinski definition) is 1. The third-order valence-corrected chi connectivity index (χ3v) is 8.57. The summed E-state index contributed by atoms with van der Waals surface area (Å²) in [5, 5.41) is 2.33. The minimum atomic E-state index is -0.349. The second-order valence-corrected chi connectivity index (χ2v) is 10.5. The van der Waals surface area contributed by atoms with Crippen molar-refractivity contribution in [2.45, 2.75) is 11.8 Å². The topological polar surface area (TPSA) is 13.1 Å². The summed E-state index contributed by atoms with van der Waals surface area (Å²) < 4.78 is 6.15. The van der Waals surface area contributed by atoms with E-state index in [1.165, 1.54) is 55.5 Å². The molecule has 1 heterocycles. The van der Waals surface area contributed by atoms with Gasteiger partial charge in [-0.15, -0.1) is 0 Å². The van der Waals surface area contributed by atoms with Gasteiger partial charge in [0.2, 0.25) is 0 Å². The number of para-hydroxylation sites is 1. The lowest BCUT2D eigenvalue weighted by Gasteiger charge is -2.33. The maximum absolute atomic E-state index is 6.15. The number of rotatable bonds is 4. The predicted octanol–water partition coefficient (Wildman–Crippen LogP) is 9.65. The molecule has 0 bridgehead atoms. The summed E-state index contributed by atoms with van der Waals surface area (Å²) >= 11 is 0. The first-order valence-electron chi connectivity index (χ1n) is 13.5. The van der Waals surface area contributed by atoms with Gasteiger partial charge in [0.25, 0.3) is 0 Å². The Hall–Kier alpha value is -4.88. The molecule has 1 nitrogen and oxygen atoms in total. The first kappa shape index (κ1) is 22.1. The van der Waals surface area contributed by atoms with E-state index in [1.54, 1.807) is 0 Å². The van der Waals surface area contributed by atoms with E-state index in [0.29, 0.717) is 0 Å². The van der Waals surface area contributed by atoms with Gasteiger partial charge in [-0.3, -0.25) is 0 Å². The molecule has 1 heteroatoms. The van der Waals surface area contributed by atoms with Crippen LogP contribution in [0.15, 0.2) is 150 Å². The quantitative estimate of drug-likeness (QED) is 0.221. The van der Waals surface area contributed by atoms with Gasteiger partial charge in [0.15, 0.2) is 0 Å². The molecule has 0 unspecified atom stereocenters. The van der Waals surface area contributed by atoms with Crippen LogP contribution in [0, 0.1) is 0 Å². The van der Waals surface area contributed by atoms with Crippen LogP contribution in [-0.4, -0.2) is 0 Å². The van der Waals surface area contributed by atoms with Crippen molar-refractivity contribution >= 4 is 27.5 Å². The van der Waals surface area contributed by atoms with Crippen molar-refractivity contribution in [1.82, 2.24) is 0 Å². The molecule has 2 aliphatic rings. The van der Waals surface area contributed by atoms with Crippen molar-refractivity contribution in [3.8, 4) is 11.1 Å². The second kappa shape index (κ2) is 8.31. The Balaban J connectivity index is 1.44. The maximum Gasteiger partial charge on any atom is 0.135 e. The first-order chi connectivity index (χ1) is 19.3. The van der Waals surface area contributed by atoms with Crippen molar-refractivity contribution in [3.05, 3.63) is 173 Å². The average molecular weight is 499 g/mol. The van der Waals surface area contributed by atoms with Crippen molar-refractivity contribution in [3.63, 3.8) is 0 Å². The highest BCUT2D eigenvalue weighted by Gasteiger charge is 2.52. The zero-order valence-corrected chi connectivity index (χ0v) is 21.5. The highest BCUT2D eigenvalue weighted by Crippen LogP contribution is 2.62. The lowest BCUT2D eigenvalue weighted by Crippen LogP contribution is -2.28. The standard InChI is InChI=1S/C38H26O/c1-2-3-12-29-28-15-6-10-19-34(28)38(32-17-8-4-13-26(32)27-14-5-9-18-33(27)38)35(29)24-25-21-22-37-31(23-25)30-16-7-11-20-36(30)39-37/h2-23H,1,24H2/b12-3-. The van der Waals surface area contributed by atoms with E-state index in [0.717, 1.165) is 23.0 Å². The van der Waals surface area contributed by atoms with Gasteiger partial charge in [0.05, 0.1) is 5.41 Å². The smallest absolute Gasteiger partial charge is 0.135 e. The molecule has 8 rings (SSSR count). The van der Waals surface area contributed by atoms with Crippen LogP contribution in [0.4, 0.5) is 0 Å². The van der Waals surface area contributed by atoms with Crippen LogP contribution >= 0.6 is 0 Å². The van der Waals surface area contributed by atoms with Gasteiger partial charge in [-0.1, -0.05) is 122 Å². The summed E-state index contributed by atoms with van der Waals surface area (Å²) in [6.45, 7) is 3.98. The minimum Gasteiger partial charge on any atom is -0.456 e. The summed E-state index contributed by atoms with van der Waals surface area (Å²) in [6.07, 6.45) is 7.03. The third-order valence-electron chi connectivity index (χ3n) is 8.57. The fourth-order valence-corrected chi connectivity index (χ4v) is 7.09. The van der Waals surface area contributed by atoms with Crippen LogP contribution in [0.2, 0.25) is 0 Å². The Morgan fingerprint density at radius 2 is 1.21 bits per heavy atom. The largest absolute Gasteiger partial charge is 0.456 e. The Morgan fingerprint density at radius 1 is 0.615 bits per heavy atom.